The second kappa shape index (κ2) is 7.79. The summed E-state index contributed by atoms with van der Waals surface area (Å²) in [5, 5.41) is 8.26. The van der Waals surface area contributed by atoms with Crippen molar-refractivity contribution in [3.63, 3.8) is 0 Å². The molecule has 0 atom stereocenters. The van der Waals surface area contributed by atoms with Crippen molar-refractivity contribution in [3.8, 4) is 17.6 Å². The minimum Gasteiger partial charge on any atom is -0.493 e. The van der Waals surface area contributed by atoms with E-state index in [1.807, 2.05) is 0 Å². The summed E-state index contributed by atoms with van der Waals surface area (Å²) in [6, 6.07) is 6.47. The molecule has 0 spiro atoms. The van der Waals surface area contributed by atoms with Crippen LogP contribution < -0.4 is 9.47 Å². The van der Waals surface area contributed by atoms with E-state index in [0.717, 1.165) is 0 Å². The summed E-state index contributed by atoms with van der Waals surface area (Å²) in [5.41, 5.74) is 0.427. The topological polar surface area (TPSA) is 85.6 Å². The van der Waals surface area contributed by atoms with Crippen LogP contribution in [-0.4, -0.2) is 32.6 Å². The van der Waals surface area contributed by atoms with Crippen molar-refractivity contribution in [2.45, 2.75) is 12.8 Å². The first-order chi connectivity index (χ1) is 9.62. The van der Waals surface area contributed by atoms with Gasteiger partial charge < -0.3 is 14.2 Å². The van der Waals surface area contributed by atoms with Crippen LogP contribution in [0.3, 0.4) is 0 Å². The number of carbonyl (C=O) groups excluding carboxylic acids is 2. The number of Topliss-reactive ketones (excluding diaryl/α,β-unsaturated/α-hetero) is 1. The molecule has 0 aliphatic carbocycles. The first kappa shape index (κ1) is 15.5. The Hall–Kier alpha value is -2.55. The second-order valence-corrected chi connectivity index (χ2v) is 3.81. The average molecular weight is 277 g/mol. The third-order valence-corrected chi connectivity index (χ3v) is 2.56. The maximum absolute atomic E-state index is 11.9. The molecule has 106 valence electrons. The van der Waals surface area contributed by atoms with Crippen molar-refractivity contribution in [1.82, 2.24) is 0 Å². The zero-order valence-electron chi connectivity index (χ0n) is 11.3. The van der Waals surface area contributed by atoms with Crippen LogP contribution >= 0.6 is 0 Å². The number of benzene rings is 1. The predicted octanol–water partition coefficient (Wildman–Crippen LogP) is 1.73. The highest BCUT2D eigenvalue weighted by Crippen LogP contribution is 2.28. The molecule has 0 aliphatic rings. The van der Waals surface area contributed by atoms with Gasteiger partial charge in [0.1, 0.15) is 6.07 Å². The Bertz CT molecular complexity index is 533. The van der Waals surface area contributed by atoms with Gasteiger partial charge in [-0.05, 0) is 18.2 Å². The Morgan fingerprint density at radius 1 is 1.15 bits per heavy atom. The molecule has 20 heavy (non-hydrogen) atoms. The van der Waals surface area contributed by atoms with E-state index in [9.17, 15) is 9.59 Å². The number of esters is 1. The zero-order valence-corrected chi connectivity index (χ0v) is 11.3. The fourth-order valence-corrected chi connectivity index (χ4v) is 1.55. The van der Waals surface area contributed by atoms with Crippen LogP contribution in [0.5, 0.6) is 11.5 Å². The van der Waals surface area contributed by atoms with Gasteiger partial charge in [-0.1, -0.05) is 0 Å². The number of methoxy groups -OCH3 is 2. The minimum atomic E-state index is -0.569. The molecule has 6 nitrogen and oxygen atoms in total. The van der Waals surface area contributed by atoms with E-state index < -0.39 is 5.97 Å². The zero-order chi connectivity index (χ0) is 15.0. The fourth-order valence-electron chi connectivity index (χ4n) is 1.55. The van der Waals surface area contributed by atoms with E-state index in [-0.39, 0.29) is 25.2 Å². The van der Waals surface area contributed by atoms with Crippen molar-refractivity contribution in [2.24, 2.45) is 0 Å². The standard InChI is InChI=1S/C14H15NO5/c1-18-12-5-3-10(9-13(12)19-2)11(16)4-6-14(17)20-8-7-15/h3,5,9H,4,6,8H2,1-2H3. The smallest absolute Gasteiger partial charge is 0.307 e. The molecule has 0 saturated carbocycles. The molecular weight excluding hydrogens is 262 g/mol. The molecule has 6 heteroatoms. The molecule has 0 heterocycles. The van der Waals surface area contributed by atoms with Crippen LogP contribution in [0.1, 0.15) is 23.2 Å². The van der Waals surface area contributed by atoms with Crippen LogP contribution in [0, 0.1) is 11.3 Å². The Morgan fingerprint density at radius 2 is 1.85 bits per heavy atom. The summed E-state index contributed by atoms with van der Waals surface area (Å²) in [7, 11) is 2.98. The van der Waals surface area contributed by atoms with Gasteiger partial charge in [0, 0.05) is 12.0 Å². The fraction of sp³-hybridized carbons (Fsp3) is 0.357. The highest BCUT2D eigenvalue weighted by molar-refractivity contribution is 5.98. The van der Waals surface area contributed by atoms with Crippen LogP contribution in [0.2, 0.25) is 0 Å². The van der Waals surface area contributed by atoms with Gasteiger partial charge >= 0.3 is 5.97 Å². The number of carbonyl (C=O) groups is 2. The third kappa shape index (κ3) is 4.28. The molecule has 1 rings (SSSR count). The van der Waals surface area contributed by atoms with Gasteiger partial charge in [0.25, 0.3) is 0 Å². The number of ether oxygens (including phenoxy) is 3. The van der Waals surface area contributed by atoms with Crippen molar-refractivity contribution < 1.29 is 23.8 Å². The summed E-state index contributed by atoms with van der Waals surface area (Å²) in [4.78, 5) is 23.1. The molecule has 1 aromatic rings. The highest BCUT2D eigenvalue weighted by Gasteiger charge is 2.13. The molecular formula is C14H15NO5. The molecule has 0 N–H and O–H groups in total. The van der Waals surface area contributed by atoms with Gasteiger partial charge in [-0.25, -0.2) is 0 Å². The summed E-state index contributed by atoms with van der Waals surface area (Å²) < 4.78 is 14.7. The lowest BCUT2D eigenvalue weighted by molar-refractivity contribution is -0.142. The van der Waals surface area contributed by atoms with E-state index >= 15 is 0 Å². The molecule has 1 aromatic carbocycles. The van der Waals surface area contributed by atoms with Crippen LogP contribution in [0.4, 0.5) is 0 Å². The Labute approximate surface area is 116 Å². The number of nitrogens with zero attached hydrogens (tertiary/aromatic N) is 1. The van der Waals surface area contributed by atoms with E-state index in [0.29, 0.717) is 17.1 Å². The number of ketones is 1. The highest BCUT2D eigenvalue weighted by atomic mass is 16.5. The summed E-state index contributed by atoms with van der Waals surface area (Å²) in [5.74, 6) is 0.197. The number of hydrogen-bond donors (Lipinski definition) is 0. The van der Waals surface area contributed by atoms with Crippen LogP contribution in [0.25, 0.3) is 0 Å². The molecule has 0 aromatic heterocycles. The lowest BCUT2D eigenvalue weighted by Crippen LogP contribution is -2.08. The van der Waals surface area contributed by atoms with Crippen molar-refractivity contribution in [3.05, 3.63) is 23.8 Å². The van der Waals surface area contributed by atoms with Gasteiger partial charge in [0.05, 0.1) is 20.6 Å². The molecule has 0 saturated heterocycles. The van der Waals surface area contributed by atoms with Crippen LogP contribution in [-0.2, 0) is 9.53 Å². The Balaban J connectivity index is 2.64. The largest absolute Gasteiger partial charge is 0.493 e. The van der Waals surface area contributed by atoms with E-state index in [2.05, 4.69) is 4.74 Å². The summed E-state index contributed by atoms with van der Waals surface area (Å²) >= 11 is 0. The first-order valence-electron chi connectivity index (χ1n) is 5.90. The Kier molecular flexibility index (Phi) is 6.04. The molecule has 0 aliphatic heterocycles. The van der Waals surface area contributed by atoms with E-state index in [4.69, 9.17) is 14.7 Å². The van der Waals surface area contributed by atoms with Crippen molar-refractivity contribution in [2.75, 3.05) is 20.8 Å². The lowest BCUT2D eigenvalue weighted by atomic mass is 10.1. The SMILES string of the molecule is COc1ccc(C(=O)CCC(=O)OCC#N)cc1OC. The van der Waals surface area contributed by atoms with E-state index in [1.54, 1.807) is 24.3 Å². The van der Waals surface area contributed by atoms with Gasteiger partial charge in [-0.2, -0.15) is 5.26 Å². The first-order valence-corrected chi connectivity index (χ1v) is 5.90. The average Bonchev–Trinajstić information content (AvgIpc) is 2.49. The van der Waals surface area contributed by atoms with Gasteiger partial charge in [-0.15, -0.1) is 0 Å². The maximum atomic E-state index is 11.9. The summed E-state index contributed by atoms with van der Waals surface area (Å²) in [6.45, 7) is -0.302. The Morgan fingerprint density at radius 3 is 2.45 bits per heavy atom. The quantitative estimate of drug-likeness (QED) is 0.557. The third-order valence-electron chi connectivity index (χ3n) is 2.56. The molecule has 0 fully saturated rings. The molecule has 0 radical (unpaired) electrons. The van der Waals surface area contributed by atoms with E-state index in [1.165, 1.54) is 14.2 Å². The number of nitriles is 1. The maximum Gasteiger partial charge on any atom is 0.307 e. The number of rotatable bonds is 7. The molecule has 0 amide bonds. The lowest BCUT2D eigenvalue weighted by Gasteiger charge is -2.08. The predicted molar refractivity (Wildman–Crippen MR) is 69.7 cm³/mol. The molecule has 0 bridgehead atoms. The van der Waals surface area contributed by atoms with Gasteiger partial charge in [0.2, 0.25) is 0 Å². The van der Waals surface area contributed by atoms with Gasteiger partial charge in [-0.3, -0.25) is 9.59 Å². The van der Waals surface area contributed by atoms with Crippen LogP contribution in [0.15, 0.2) is 18.2 Å². The summed E-state index contributed by atoms with van der Waals surface area (Å²) in [6.07, 6.45) is -0.0470. The monoisotopic (exact) mass is 277 g/mol. The molecule has 0 unspecified atom stereocenters. The van der Waals surface area contributed by atoms with Crippen molar-refractivity contribution >= 4 is 11.8 Å². The van der Waals surface area contributed by atoms with Crippen molar-refractivity contribution in [1.29, 1.82) is 5.26 Å². The second-order valence-electron chi connectivity index (χ2n) is 3.81. The van der Waals surface area contributed by atoms with Gasteiger partial charge in [0.15, 0.2) is 23.9 Å². The normalized spacial score (nSPS) is 9.45. The number of hydrogen-bond acceptors (Lipinski definition) is 6. The minimum absolute atomic E-state index is 0.0136.